The number of hydrogen-bond acceptors (Lipinski definition) is 4. The average molecular weight is 466 g/mol. The second kappa shape index (κ2) is 8.91. The van der Waals surface area contributed by atoms with E-state index in [-0.39, 0.29) is 5.91 Å². The van der Waals surface area contributed by atoms with E-state index in [4.69, 9.17) is 11.6 Å². The second-order valence-corrected chi connectivity index (χ2v) is 8.24. The van der Waals surface area contributed by atoms with Crippen molar-refractivity contribution in [2.75, 3.05) is 12.8 Å². The Morgan fingerprint density at radius 3 is 2.59 bits per heavy atom. The van der Waals surface area contributed by atoms with E-state index in [1.165, 1.54) is 11.8 Å². The normalized spacial score (nSPS) is 10.8. The maximum absolute atomic E-state index is 12.5. The summed E-state index contributed by atoms with van der Waals surface area (Å²) in [6, 6.07) is 15.3. The molecule has 0 fully saturated rings. The number of carbonyl (C=O) groups is 1. The fourth-order valence-electron chi connectivity index (χ4n) is 2.50. The molecule has 0 saturated carbocycles. The highest BCUT2D eigenvalue weighted by Crippen LogP contribution is 2.24. The van der Waals surface area contributed by atoms with Crippen LogP contribution in [0.3, 0.4) is 0 Å². The van der Waals surface area contributed by atoms with Gasteiger partial charge in [0.15, 0.2) is 11.0 Å². The predicted molar refractivity (Wildman–Crippen MR) is 113 cm³/mol. The smallest absolute Gasteiger partial charge is 0.233 e. The van der Waals surface area contributed by atoms with E-state index in [2.05, 4.69) is 26.1 Å². The van der Waals surface area contributed by atoms with E-state index >= 15 is 0 Å². The number of nitrogens with zero attached hydrogens (tertiary/aromatic N) is 4. The topological polar surface area (TPSA) is 51.0 Å². The van der Waals surface area contributed by atoms with Gasteiger partial charge in [0.25, 0.3) is 0 Å². The van der Waals surface area contributed by atoms with Gasteiger partial charge < -0.3 is 9.47 Å². The number of amides is 1. The molecule has 0 radical (unpaired) electrons. The van der Waals surface area contributed by atoms with Gasteiger partial charge in [0.1, 0.15) is 0 Å². The fraction of sp³-hybridized carbons (Fsp3) is 0.211. The van der Waals surface area contributed by atoms with Gasteiger partial charge in [-0.15, -0.1) is 10.2 Å². The van der Waals surface area contributed by atoms with Crippen LogP contribution < -0.4 is 0 Å². The molecule has 3 rings (SSSR count). The van der Waals surface area contributed by atoms with Gasteiger partial charge >= 0.3 is 0 Å². The van der Waals surface area contributed by atoms with E-state index < -0.39 is 0 Å². The van der Waals surface area contributed by atoms with Crippen molar-refractivity contribution in [3.8, 4) is 11.4 Å². The summed E-state index contributed by atoms with van der Waals surface area (Å²) in [5.74, 6) is 1.07. The molecule has 0 atom stereocenters. The molecule has 0 aliphatic carbocycles. The van der Waals surface area contributed by atoms with E-state index in [9.17, 15) is 4.79 Å². The molecule has 0 saturated heterocycles. The zero-order valence-corrected chi connectivity index (χ0v) is 18.1. The Labute approximate surface area is 175 Å². The van der Waals surface area contributed by atoms with Crippen LogP contribution in [-0.4, -0.2) is 38.4 Å². The second-order valence-electron chi connectivity index (χ2n) is 6.00. The summed E-state index contributed by atoms with van der Waals surface area (Å²) < 4.78 is 2.88. The molecule has 1 heterocycles. The third-order valence-electron chi connectivity index (χ3n) is 4.05. The van der Waals surface area contributed by atoms with E-state index in [0.717, 1.165) is 21.4 Å². The summed E-state index contributed by atoms with van der Waals surface area (Å²) in [7, 11) is 3.69. The number of hydrogen-bond donors (Lipinski definition) is 0. The van der Waals surface area contributed by atoms with Crippen LogP contribution in [0, 0.1) is 0 Å². The molecular weight excluding hydrogens is 448 g/mol. The Kier molecular flexibility index (Phi) is 6.57. The monoisotopic (exact) mass is 464 g/mol. The lowest BCUT2D eigenvalue weighted by molar-refractivity contribution is -0.127. The van der Waals surface area contributed by atoms with Crippen molar-refractivity contribution >= 4 is 45.2 Å². The Bertz CT molecular complexity index is 945. The van der Waals surface area contributed by atoms with Crippen molar-refractivity contribution in [3.63, 3.8) is 0 Å². The van der Waals surface area contributed by atoms with Gasteiger partial charge in [0.2, 0.25) is 5.91 Å². The zero-order chi connectivity index (χ0) is 19.4. The minimum Gasteiger partial charge on any atom is -0.341 e. The fourth-order valence-corrected chi connectivity index (χ4v) is 3.89. The SMILES string of the molecule is CN(Cc1ccccc1Br)C(=O)CSc1nnc(-c2ccc(Cl)cc2)n1C. The van der Waals surface area contributed by atoms with Gasteiger partial charge in [0, 0.05) is 35.7 Å². The van der Waals surface area contributed by atoms with E-state index in [0.29, 0.717) is 22.5 Å². The van der Waals surface area contributed by atoms with Crippen molar-refractivity contribution in [2.24, 2.45) is 7.05 Å². The third-order valence-corrected chi connectivity index (χ3v) is 6.08. The molecule has 3 aromatic rings. The van der Waals surface area contributed by atoms with Crippen molar-refractivity contribution in [1.29, 1.82) is 0 Å². The third kappa shape index (κ3) is 4.91. The number of aromatic nitrogens is 3. The lowest BCUT2D eigenvalue weighted by Gasteiger charge is -2.17. The molecule has 1 amide bonds. The van der Waals surface area contributed by atoms with Crippen LogP contribution in [0.5, 0.6) is 0 Å². The Balaban J connectivity index is 1.62. The van der Waals surface area contributed by atoms with Crippen LogP contribution in [0.25, 0.3) is 11.4 Å². The van der Waals surface area contributed by atoms with Gasteiger partial charge in [-0.3, -0.25) is 4.79 Å². The van der Waals surface area contributed by atoms with Crippen molar-refractivity contribution in [2.45, 2.75) is 11.7 Å². The standard InChI is InChI=1S/C19H18BrClN4OS/c1-24(11-14-5-3-4-6-16(14)20)17(26)12-27-19-23-22-18(25(19)2)13-7-9-15(21)10-8-13/h3-10H,11-12H2,1-2H3. The van der Waals surface area contributed by atoms with Crippen molar-refractivity contribution < 1.29 is 4.79 Å². The zero-order valence-electron chi connectivity index (χ0n) is 14.9. The van der Waals surface area contributed by atoms with Crippen LogP contribution in [0.4, 0.5) is 0 Å². The van der Waals surface area contributed by atoms with Crippen molar-refractivity contribution in [3.05, 3.63) is 63.6 Å². The first-order chi connectivity index (χ1) is 13.0. The highest BCUT2D eigenvalue weighted by atomic mass is 79.9. The van der Waals surface area contributed by atoms with Crippen LogP contribution in [0.15, 0.2) is 58.2 Å². The van der Waals surface area contributed by atoms with Gasteiger partial charge in [-0.25, -0.2) is 0 Å². The maximum Gasteiger partial charge on any atom is 0.233 e. The number of rotatable bonds is 6. The summed E-state index contributed by atoms with van der Waals surface area (Å²) in [4.78, 5) is 14.2. The largest absolute Gasteiger partial charge is 0.341 e. The Hall–Kier alpha value is -1.83. The summed E-state index contributed by atoms with van der Waals surface area (Å²) in [5, 5.41) is 9.82. The van der Waals surface area contributed by atoms with E-state index in [1.807, 2.05) is 60.1 Å². The first kappa shape index (κ1) is 19.9. The Morgan fingerprint density at radius 1 is 1.19 bits per heavy atom. The Morgan fingerprint density at radius 2 is 1.89 bits per heavy atom. The molecular formula is C19H18BrClN4OS. The minimum absolute atomic E-state index is 0.0341. The van der Waals surface area contributed by atoms with E-state index in [1.54, 1.807) is 11.9 Å². The molecule has 1 aromatic heterocycles. The highest BCUT2D eigenvalue weighted by Gasteiger charge is 2.15. The molecule has 5 nitrogen and oxygen atoms in total. The molecule has 27 heavy (non-hydrogen) atoms. The molecule has 0 bridgehead atoms. The predicted octanol–water partition coefficient (Wildman–Crippen LogP) is 4.65. The summed E-state index contributed by atoms with van der Waals surface area (Å²) in [5.41, 5.74) is 2.00. The average Bonchev–Trinajstić information content (AvgIpc) is 3.03. The van der Waals surface area contributed by atoms with Gasteiger partial charge in [-0.05, 0) is 35.9 Å². The minimum atomic E-state index is 0.0341. The molecule has 0 aliphatic rings. The summed E-state index contributed by atoms with van der Waals surface area (Å²) in [6.07, 6.45) is 0. The van der Waals surface area contributed by atoms with Crippen LogP contribution in [0.2, 0.25) is 5.02 Å². The lowest BCUT2D eigenvalue weighted by Crippen LogP contribution is -2.28. The molecule has 0 unspecified atom stereocenters. The van der Waals surface area contributed by atoms with Crippen LogP contribution >= 0.6 is 39.3 Å². The number of thioether (sulfide) groups is 1. The van der Waals surface area contributed by atoms with Gasteiger partial charge in [0.05, 0.1) is 5.75 Å². The summed E-state index contributed by atoms with van der Waals surface area (Å²) >= 11 is 10.8. The number of benzene rings is 2. The molecule has 2 aromatic carbocycles. The van der Waals surface area contributed by atoms with Crippen molar-refractivity contribution in [1.82, 2.24) is 19.7 Å². The quantitative estimate of drug-likeness (QED) is 0.497. The summed E-state index contributed by atoms with van der Waals surface area (Å²) in [6.45, 7) is 0.551. The molecule has 140 valence electrons. The number of halogens is 2. The lowest BCUT2D eigenvalue weighted by atomic mass is 10.2. The molecule has 0 N–H and O–H groups in total. The van der Waals surface area contributed by atoms with Crippen LogP contribution in [0.1, 0.15) is 5.56 Å². The van der Waals surface area contributed by atoms with Gasteiger partial charge in [-0.1, -0.05) is 57.5 Å². The number of carbonyl (C=O) groups excluding carboxylic acids is 1. The first-order valence-electron chi connectivity index (χ1n) is 8.21. The highest BCUT2D eigenvalue weighted by molar-refractivity contribution is 9.10. The molecule has 0 aliphatic heterocycles. The first-order valence-corrected chi connectivity index (χ1v) is 10.4. The molecule has 0 spiro atoms. The van der Waals surface area contributed by atoms with Crippen LogP contribution in [-0.2, 0) is 18.4 Å². The maximum atomic E-state index is 12.5. The molecule has 8 heteroatoms. The van der Waals surface area contributed by atoms with Gasteiger partial charge in [-0.2, -0.15) is 0 Å².